The van der Waals surface area contributed by atoms with Crippen molar-refractivity contribution in [2.24, 2.45) is 0 Å². The first-order chi connectivity index (χ1) is 12.7. The maximum absolute atomic E-state index is 11.6. The molecule has 0 saturated heterocycles. The number of rotatable bonds is 3. The minimum Gasteiger partial charge on any atom is -0.258 e. The van der Waals surface area contributed by atoms with Crippen molar-refractivity contribution in [2.45, 2.75) is 13.8 Å². The molecule has 0 bridgehead atoms. The lowest BCUT2D eigenvalue weighted by Crippen LogP contribution is -1.97. The van der Waals surface area contributed by atoms with E-state index in [1.165, 1.54) is 12.1 Å². The molecule has 0 aliphatic heterocycles. The van der Waals surface area contributed by atoms with E-state index in [4.69, 9.17) is 0 Å². The monoisotopic (exact) mass is 366 g/mol. The zero-order valence-electron chi connectivity index (χ0n) is 14.0. The van der Waals surface area contributed by atoms with Gasteiger partial charge in [0, 0.05) is 29.3 Å². The Bertz CT molecular complexity index is 1140. The molecule has 27 heavy (non-hydrogen) atoms. The van der Waals surface area contributed by atoms with Gasteiger partial charge in [0.1, 0.15) is 6.07 Å². The van der Waals surface area contributed by atoms with Gasteiger partial charge in [0.25, 0.3) is 17.1 Å². The Balaban J connectivity index is 2.56. The zero-order valence-corrected chi connectivity index (χ0v) is 14.0. The van der Waals surface area contributed by atoms with Gasteiger partial charge in [0.2, 0.25) is 0 Å². The van der Waals surface area contributed by atoms with Gasteiger partial charge in [0.05, 0.1) is 32.0 Å². The highest BCUT2D eigenvalue weighted by atomic mass is 16.6. The normalized spacial score (nSPS) is 11.4. The van der Waals surface area contributed by atoms with Crippen LogP contribution in [-0.4, -0.2) is 14.8 Å². The van der Waals surface area contributed by atoms with Crippen LogP contribution in [0.15, 0.2) is 29.8 Å². The molecule has 0 saturated carbocycles. The smallest absolute Gasteiger partial charge is 0.258 e. The quantitative estimate of drug-likeness (QED) is 0.499. The number of hydrogen-bond donors (Lipinski definition) is 0. The summed E-state index contributed by atoms with van der Waals surface area (Å²) in [6, 6.07) is 6.14. The fourth-order valence-electron chi connectivity index (χ4n) is 3.29. The van der Waals surface area contributed by atoms with Crippen LogP contribution in [0.1, 0.15) is 30.5 Å². The first kappa shape index (κ1) is 17.7. The summed E-state index contributed by atoms with van der Waals surface area (Å²) in [7, 11) is 0. The van der Waals surface area contributed by atoms with Gasteiger partial charge >= 0.3 is 0 Å². The molecular formula is C17H10N4O6. The number of nitro benzene ring substituents is 3. The second-order valence-electron chi connectivity index (χ2n) is 6.06. The fourth-order valence-corrected chi connectivity index (χ4v) is 3.29. The number of non-ortho nitro benzene ring substituents is 2. The van der Waals surface area contributed by atoms with Crippen LogP contribution in [0.2, 0.25) is 0 Å². The fraction of sp³-hybridized carbons (Fsp3) is 0.118. The summed E-state index contributed by atoms with van der Waals surface area (Å²) in [5.74, 6) is 0. The van der Waals surface area contributed by atoms with E-state index in [1.54, 1.807) is 13.8 Å². The molecule has 0 fully saturated rings. The molecule has 3 rings (SSSR count). The van der Waals surface area contributed by atoms with Crippen molar-refractivity contribution < 1.29 is 14.8 Å². The van der Waals surface area contributed by atoms with Crippen molar-refractivity contribution in [3.05, 3.63) is 76.9 Å². The molecule has 10 nitrogen and oxygen atoms in total. The Kier molecular flexibility index (Phi) is 3.93. The van der Waals surface area contributed by atoms with E-state index < -0.39 is 26.1 Å². The van der Waals surface area contributed by atoms with Gasteiger partial charge in [-0.1, -0.05) is 5.57 Å². The van der Waals surface area contributed by atoms with Crippen molar-refractivity contribution >= 4 is 22.6 Å². The van der Waals surface area contributed by atoms with Crippen LogP contribution < -0.4 is 0 Å². The summed E-state index contributed by atoms with van der Waals surface area (Å²) >= 11 is 0. The standard InChI is InChI=1S/C17H10N4O6/c1-8(2)15-12-4-10(19(22)23)3-9(7-18)16(12)17-13(15)5-11(20(24)25)6-14(17)21(26)27/h3-6H,1-2H3. The Morgan fingerprint density at radius 3 is 1.81 bits per heavy atom. The number of nitrogens with zero attached hydrogens (tertiary/aromatic N) is 4. The van der Waals surface area contributed by atoms with Crippen LogP contribution in [0.3, 0.4) is 0 Å². The Morgan fingerprint density at radius 2 is 1.37 bits per heavy atom. The zero-order chi connectivity index (χ0) is 20.0. The molecule has 0 amide bonds. The predicted octanol–water partition coefficient (Wildman–Crippen LogP) is 4.10. The van der Waals surface area contributed by atoms with Crippen LogP contribution in [-0.2, 0) is 0 Å². The number of allylic oxidation sites excluding steroid dienone is 1. The number of nitro groups is 3. The van der Waals surface area contributed by atoms with E-state index in [9.17, 15) is 35.6 Å². The molecule has 2 aromatic carbocycles. The van der Waals surface area contributed by atoms with Gasteiger partial charge in [-0.3, -0.25) is 30.3 Å². The Morgan fingerprint density at radius 1 is 0.852 bits per heavy atom. The predicted molar refractivity (Wildman–Crippen MR) is 93.9 cm³/mol. The van der Waals surface area contributed by atoms with Gasteiger partial charge in [-0.25, -0.2) is 0 Å². The van der Waals surface area contributed by atoms with Gasteiger partial charge in [0.15, 0.2) is 0 Å². The highest BCUT2D eigenvalue weighted by molar-refractivity contribution is 6.07. The molecule has 1 aliphatic carbocycles. The topological polar surface area (TPSA) is 153 Å². The third-order valence-electron chi connectivity index (χ3n) is 4.25. The van der Waals surface area contributed by atoms with E-state index in [-0.39, 0.29) is 33.5 Å². The van der Waals surface area contributed by atoms with Gasteiger partial charge in [-0.2, -0.15) is 5.26 Å². The molecule has 134 valence electrons. The van der Waals surface area contributed by atoms with Crippen molar-refractivity contribution in [3.63, 3.8) is 0 Å². The molecule has 0 radical (unpaired) electrons. The summed E-state index contributed by atoms with van der Waals surface area (Å²) in [5.41, 5.74) is 0.340. The third-order valence-corrected chi connectivity index (χ3v) is 4.25. The first-order valence-corrected chi connectivity index (χ1v) is 7.55. The van der Waals surface area contributed by atoms with Crippen molar-refractivity contribution in [2.75, 3.05) is 0 Å². The summed E-state index contributed by atoms with van der Waals surface area (Å²) in [4.78, 5) is 31.8. The minimum absolute atomic E-state index is 0.0586. The molecule has 0 atom stereocenters. The molecule has 0 N–H and O–H groups in total. The second kappa shape index (κ2) is 5.99. The van der Waals surface area contributed by atoms with Gasteiger partial charge < -0.3 is 0 Å². The van der Waals surface area contributed by atoms with Crippen LogP contribution in [0.5, 0.6) is 0 Å². The minimum atomic E-state index is -0.758. The Labute approximate surface area is 151 Å². The molecule has 0 unspecified atom stereocenters. The summed E-state index contributed by atoms with van der Waals surface area (Å²) in [6.45, 7) is 3.37. The van der Waals surface area contributed by atoms with Crippen LogP contribution in [0, 0.1) is 41.7 Å². The first-order valence-electron chi connectivity index (χ1n) is 7.55. The lowest BCUT2D eigenvalue weighted by Gasteiger charge is -2.05. The SMILES string of the molecule is CC(C)=C1c2cc([N+](=O)[O-])cc(C#N)c2-c2c1cc([N+](=O)[O-])cc2[N+](=O)[O-]. The van der Waals surface area contributed by atoms with E-state index >= 15 is 0 Å². The highest BCUT2D eigenvalue weighted by Crippen LogP contribution is 2.53. The lowest BCUT2D eigenvalue weighted by molar-refractivity contribution is -0.393. The van der Waals surface area contributed by atoms with Gasteiger partial charge in [-0.05, 0) is 25.0 Å². The molecule has 10 heteroatoms. The Hall–Kier alpha value is -4.13. The number of fused-ring (bicyclic) bond motifs is 3. The highest BCUT2D eigenvalue weighted by Gasteiger charge is 2.37. The van der Waals surface area contributed by atoms with Gasteiger partial charge in [-0.15, -0.1) is 0 Å². The molecule has 1 aliphatic rings. The third kappa shape index (κ3) is 2.58. The maximum Gasteiger partial charge on any atom is 0.284 e. The largest absolute Gasteiger partial charge is 0.284 e. The summed E-state index contributed by atoms with van der Waals surface area (Å²) in [5, 5.41) is 43.5. The van der Waals surface area contributed by atoms with Crippen LogP contribution in [0.4, 0.5) is 17.1 Å². The maximum atomic E-state index is 11.6. The van der Waals surface area contributed by atoms with E-state index in [2.05, 4.69) is 0 Å². The molecule has 0 heterocycles. The average molecular weight is 366 g/mol. The lowest BCUT2D eigenvalue weighted by atomic mass is 9.97. The number of hydrogen-bond acceptors (Lipinski definition) is 7. The second-order valence-corrected chi connectivity index (χ2v) is 6.06. The number of nitriles is 1. The van der Waals surface area contributed by atoms with Crippen LogP contribution in [0.25, 0.3) is 16.7 Å². The van der Waals surface area contributed by atoms with E-state index in [0.29, 0.717) is 11.1 Å². The van der Waals surface area contributed by atoms with E-state index in [1.807, 2.05) is 6.07 Å². The summed E-state index contributed by atoms with van der Waals surface area (Å²) < 4.78 is 0. The average Bonchev–Trinajstić information content (AvgIpc) is 2.93. The molecule has 0 aromatic heterocycles. The molecule has 2 aromatic rings. The molecular weight excluding hydrogens is 356 g/mol. The number of benzene rings is 2. The van der Waals surface area contributed by atoms with Crippen molar-refractivity contribution in [1.82, 2.24) is 0 Å². The van der Waals surface area contributed by atoms with Crippen LogP contribution >= 0.6 is 0 Å². The molecule has 0 spiro atoms. The van der Waals surface area contributed by atoms with Crippen molar-refractivity contribution in [3.8, 4) is 17.2 Å². The van der Waals surface area contributed by atoms with E-state index in [0.717, 1.165) is 12.1 Å². The summed E-state index contributed by atoms with van der Waals surface area (Å²) in [6.07, 6.45) is 0. The van der Waals surface area contributed by atoms with Crippen molar-refractivity contribution in [1.29, 1.82) is 5.26 Å².